The van der Waals surface area contributed by atoms with Crippen LogP contribution in [0, 0.1) is 5.92 Å². The summed E-state index contributed by atoms with van der Waals surface area (Å²) in [6.07, 6.45) is 3.29. The summed E-state index contributed by atoms with van der Waals surface area (Å²) >= 11 is 3.93. The van der Waals surface area contributed by atoms with Crippen molar-refractivity contribution in [2.45, 2.75) is 57.8 Å². The monoisotopic (exact) mass is 442 g/mol. The van der Waals surface area contributed by atoms with Crippen LogP contribution in [-0.4, -0.2) is 68.7 Å². The molecule has 0 spiro atoms. The van der Waals surface area contributed by atoms with Gasteiger partial charge in [-0.2, -0.15) is 12.6 Å². The van der Waals surface area contributed by atoms with Crippen molar-refractivity contribution in [3.63, 3.8) is 0 Å². The number of thiol groups is 1. The average Bonchev–Trinajstić information content (AvgIpc) is 3.16. The van der Waals surface area contributed by atoms with E-state index in [-0.39, 0.29) is 18.1 Å². The van der Waals surface area contributed by atoms with Crippen LogP contribution in [0.4, 0.5) is 0 Å². The highest BCUT2D eigenvalue weighted by atomic mass is 32.1. The Hall–Kier alpha value is -2.60. The second-order valence-corrected chi connectivity index (χ2v) is 7.77. The Balaban J connectivity index is 3.00. The van der Waals surface area contributed by atoms with E-state index < -0.39 is 47.9 Å². The molecule has 0 radical (unpaired) electrons. The van der Waals surface area contributed by atoms with Gasteiger partial charge >= 0.3 is 5.97 Å². The van der Waals surface area contributed by atoms with Crippen LogP contribution in [-0.2, 0) is 25.6 Å². The molecule has 0 aliphatic carbocycles. The largest absolute Gasteiger partial charge is 0.480 e. The Bertz CT molecular complexity index is 725. The number of nitrogens with two attached hydrogens (primary N) is 1. The number of amides is 3. The third-order valence-corrected chi connectivity index (χ3v) is 4.53. The number of carboxylic acids is 1. The quantitative estimate of drug-likeness (QED) is 0.199. The summed E-state index contributed by atoms with van der Waals surface area (Å²) < 4.78 is 0. The Morgan fingerprint density at radius 1 is 1.07 bits per heavy atom. The van der Waals surface area contributed by atoms with Gasteiger partial charge in [0.1, 0.15) is 18.1 Å². The standard InChI is InChI=1S/C18H30N6O5S/c1-9(2)4-12(22-15(25)10(3)19)16(26)23-13(5-11-6-20-8-21-11)17(27)24-14(7-30)18(28)29/h6,8-10,12-14,30H,4-5,7,19H2,1-3H3,(H,20,21)(H,22,25)(H,23,26)(H,24,27)(H,28,29). The van der Waals surface area contributed by atoms with Crippen molar-refractivity contribution < 1.29 is 24.3 Å². The molecule has 1 heterocycles. The molecular formula is C18H30N6O5S. The molecule has 12 heteroatoms. The smallest absolute Gasteiger partial charge is 0.327 e. The summed E-state index contributed by atoms with van der Waals surface area (Å²) in [6, 6.07) is -4.02. The molecule has 1 aromatic rings. The molecule has 1 aromatic heterocycles. The van der Waals surface area contributed by atoms with Gasteiger partial charge in [-0.25, -0.2) is 9.78 Å². The molecule has 168 valence electrons. The highest BCUT2D eigenvalue weighted by Crippen LogP contribution is 2.07. The highest BCUT2D eigenvalue weighted by Gasteiger charge is 2.30. The Labute approximate surface area is 180 Å². The van der Waals surface area contributed by atoms with Gasteiger partial charge < -0.3 is 31.8 Å². The summed E-state index contributed by atoms with van der Waals surface area (Å²) in [5.41, 5.74) is 6.13. The molecule has 4 unspecified atom stereocenters. The first-order valence-corrected chi connectivity index (χ1v) is 10.2. The number of carbonyl (C=O) groups is 4. The van der Waals surface area contributed by atoms with Gasteiger partial charge in [-0.1, -0.05) is 13.8 Å². The Kier molecular flexibility index (Phi) is 10.3. The van der Waals surface area contributed by atoms with Crippen molar-refractivity contribution >= 4 is 36.3 Å². The number of nitrogens with zero attached hydrogens (tertiary/aromatic N) is 1. The van der Waals surface area contributed by atoms with Crippen molar-refractivity contribution in [2.24, 2.45) is 11.7 Å². The van der Waals surface area contributed by atoms with Crippen LogP contribution in [0.5, 0.6) is 0 Å². The average molecular weight is 443 g/mol. The van der Waals surface area contributed by atoms with E-state index in [1.165, 1.54) is 19.4 Å². The number of aliphatic carboxylic acids is 1. The number of carbonyl (C=O) groups excluding carboxylic acids is 3. The SMILES string of the molecule is CC(C)CC(NC(=O)C(C)N)C(=O)NC(Cc1cnc[nH]1)C(=O)NC(CS)C(=O)O. The molecule has 3 amide bonds. The van der Waals surface area contributed by atoms with Crippen LogP contribution in [0.1, 0.15) is 32.9 Å². The van der Waals surface area contributed by atoms with Crippen LogP contribution >= 0.6 is 12.6 Å². The van der Waals surface area contributed by atoms with Crippen molar-refractivity contribution in [1.29, 1.82) is 0 Å². The normalized spacial score (nSPS) is 15.0. The summed E-state index contributed by atoms with van der Waals surface area (Å²) in [5.74, 6) is -3.05. The number of nitrogens with one attached hydrogen (secondary N) is 4. The minimum Gasteiger partial charge on any atom is -0.480 e. The second kappa shape index (κ2) is 12.2. The Morgan fingerprint density at radius 2 is 1.63 bits per heavy atom. The summed E-state index contributed by atoms with van der Waals surface area (Å²) in [7, 11) is 0. The van der Waals surface area contributed by atoms with Gasteiger partial charge in [0.05, 0.1) is 12.4 Å². The third-order valence-electron chi connectivity index (χ3n) is 4.16. The van der Waals surface area contributed by atoms with E-state index in [4.69, 9.17) is 10.8 Å². The van der Waals surface area contributed by atoms with E-state index in [2.05, 4.69) is 38.5 Å². The molecule has 7 N–H and O–H groups in total. The number of imidazole rings is 1. The van der Waals surface area contributed by atoms with Crippen LogP contribution in [0.25, 0.3) is 0 Å². The van der Waals surface area contributed by atoms with Gasteiger partial charge in [-0.3, -0.25) is 14.4 Å². The van der Waals surface area contributed by atoms with Crippen LogP contribution in [0.2, 0.25) is 0 Å². The number of hydrogen-bond acceptors (Lipinski definition) is 7. The second-order valence-electron chi connectivity index (χ2n) is 7.40. The highest BCUT2D eigenvalue weighted by molar-refractivity contribution is 7.80. The molecule has 1 rings (SSSR count). The van der Waals surface area contributed by atoms with E-state index in [0.29, 0.717) is 12.1 Å². The molecule has 0 fully saturated rings. The number of aromatic amines is 1. The zero-order chi connectivity index (χ0) is 22.8. The van der Waals surface area contributed by atoms with Crippen molar-refractivity contribution in [3.8, 4) is 0 Å². The molecule has 0 saturated carbocycles. The molecule has 0 aromatic carbocycles. The van der Waals surface area contributed by atoms with E-state index in [0.717, 1.165) is 0 Å². The van der Waals surface area contributed by atoms with Gasteiger partial charge in [0.15, 0.2) is 0 Å². The van der Waals surface area contributed by atoms with Crippen LogP contribution < -0.4 is 21.7 Å². The van der Waals surface area contributed by atoms with Crippen molar-refractivity contribution in [3.05, 3.63) is 18.2 Å². The molecule has 0 aliphatic heterocycles. The van der Waals surface area contributed by atoms with Gasteiger partial charge in [0, 0.05) is 24.1 Å². The first-order chi connectivity index (χ1) is 14.0. The van der Waals surface area contributed by atoms with Crippen molar-refractivity contribution in [1.82, 2.24) is 25.9 Å². The van der Waals surface area contributed by atoms with Crippen molar-refractivity contribution in [2.75, 3.05) is 5.75 Å². The molecule has 0 aliphatic rings. The number of hydrogen-bond donors (Lipinski definition) is 7. The lowest BCUT2D eigenvalue weighted by atomic mass is 10.0. The predicted molar refractivity (Wildman–Crippen MR) is 113 cm³/mol. The fourth-order valence-corrected chi connectivity index (χ4v) is 2.81. The summed E-state index contributed by atoms with van der Waals surface area (Å²) in [4.78, 5) is 55.5. The van der Waals surface area contributed by atoms with E-state index >= 15 is 0 Å². The zero-order valence-electron chi connectivity index (χ0n) is 17.2. The fourth-order valence-electron chi connectivity index (χ4n) is 2.56. The summed E-state index contributed by atoms with van der Waals surface area (Å²) in [5, 5.41) is 16.7. The van der Waals surface area contributed by atoms with E-state index in [1.807, 2.05) is 13.8 Å². The topological polar surface area (TPSA) is 179 Å². The molecular weight excluding hydrogens is 412 g/mol. The maximum Gasteiger partial charge on any atom is 0.327 e. The van der Waals surface area contributed by atoms with E-state index in [9.17, 15) is 19.2 Å². The number of carboxylic acid groups (broad SMARTS) is 1. The lowest BCUT2D eigenvalue weighted by Gasteiger charge is -2.25. The van der Waals surface area contributed by atoms with Gasteiger partial charge in [0.2, 0.25) is 17.7 Å². The van der Waals surface area contributed by atoms with Crippen LogP contribution in [0.3, 0.4) is 0 Å². The van der Waals surface area contributed by atoms with Gasteiger partial charge in [-0.15, -0.1) is 0 Å². The van der Waals surface area contributed by atoms with Gasteiger partial charge in [0.25, 0.3) is 0 Å². The lowest BCUT2D eigenvalue weighted by Crippen LogP contribution is -2.57. The molecule has 11 nitrogen and oxygen atoms in total. The number of rotatable bonds is 12. The third kappa shape index (κ3) is 8.41. The first kappa shape index (κ1) is 25.4. The van der Waals surface area contributed by atoms with E-state index in [1.54, 1.807) is 0 Å². The molecule has 0 bridgehead atoms. The Morgan fingerprint density at radius 3 is 2.10 bits per heavy atom. The molecule has 4 atom stereocenters. The van der Waals surface area contributed by atoms with Crippen LogP contribution in [0.15, 0.2) is 12.5 Å². The van der Waals surface area contributed by atoms with Gasteiger partial charge in [-0.05, 0) is 19.3 Å². The molecule has 0 saturated heterocycles. The number of aromatic nitrogens is 2. The summed E-state index contributed by atoms with van der Waals surface area (Å²) in [6.45, 7) is 5.27. The minimum absolute atomic E-state index is 0.0477. The minimum atomic E-state index is -1.24. The zero-order valence-corrected chi connectivity index (χ0v) is 18.1. The first-order valence-electron chi connectivity index (χ1n) is 9.52. The lowest BCUT2D eigenvalue weighted by molar-refractivity contribution is -0.141. The fraction of sp³-hybridized carbons (Fsp3) is 0.611. The molecule has 30 heavy (non-hydrogen) atoms. The number of H-pyrrole nitrogens is 1. The maximum absolute atomic E-state index is 12.9. The predicted octanol–water partition coefficient (Wildman–Crippen LogP) is -1.19. The maximum atomic E-state index is 12.9.